The zero-order valence-electron chi connectivity index (χ0n) is 16.3. The summed E-state index contributed by atoms with van der Waals surface area (Å²) in [7, 11) is 2.00. The number of nitrogens with zero attached hydrogens (tertiary/aromatic N) is 2. The zero-order chi connectivity index (χ0) is 20.5. The van der Waals surface area contributed by atoms with Gasteiger partial charge in [-0.25, -0.2) is 0 Å². The predicted molar refractivity (Wildman–Crippen MR) is 102 cm³/mol. The standard InChI is InChI=1S/C20H24N4O5/c1-23(13-9-21-6-7-29-11-13)10-12-2-3-14-15(8-12)20(28)24(19(14)27)16-4-5-17(25)22-18(16)26/h2-3,8,13,16,21H,4-7,9-11H2,1H3,(H,22,25,26). The SMILES string of the molecule is CN(Cc1ccc2c(c1)C(=O)N(C1CCC(=O)NC1=O)C2=O)C1CNCCOC1. The largest absolute Gasteiger partial charge is 0.378 e. The van der Waals surface area contributed by atoms with E-state index in [4.69, 9.17) is 4.74 Å². The van der Waals surface area contributed by atoms with E-state index in [2.05, 4.69) is 15.5 Å². The maximum atomic E-state index is 12.9. The van der Waals surface area contributed by atoms with Crippen molar-refractivity contribution in [2.24, 2.45) is 0 Å². The average Bonchev–Trinajstić information content (AvgIpc) is 2.88. The summed E-state index contributed by atoms with van der Waals surface area (Å²) in [5, 5.41) is 5.54. The molecule has 3 aliphatic heterocycles. The van der Waals surface area contributed by atoms with E-state index in [0.717, 1.165) is 23.6 Å². The Morgan fingerprint density at radius 2 is 1.97 bits per heavy atom. The summed E-state index contributed by atoms with van der Waals surface area (Å²) in [5.41, 5.74) is 1.51. The number of benzene rings is 1. The number of rotatable bonds is 4. The van der Waals surface area contributed by atoms with Crippen LogP contribution in [-0.4, -0.2) is 78.9 Å². The Morgan fingerprint density at radius 1 is 1.17 bits per heavy atom. The highest BCUT2D eigenvalue weighted by molar-refractivity contribution is 6.23. The van der Waals surface area contributed by atoms with Crippen molar-refractivity contribution in [3.63, 3.8) is 0 Å². The molecule has 4 rings (SSSR count). The smallest absolute Gasteiger partial charge is 0.262 e. The van der Waals surface area contributed by atoms with Gasteiger partial charge >= 0.3 is 0 Å². The summed E-state index contributed by atoms with van der Waals surface area (Å²) in [6.45, 7) is 3.58. The second kappa shape index (κ2) is 8.02. The van der Waals surface area contributed by atoms with E-state index in [-0.39, 0.29) is 24.8 Å². The number of piperidine rings is 1. The normalized spacial score (nSPS) is 25.2. The first kappa shape index (κ1) is 19.7. The molecule has 9 nitrogen and oxygen atoms in total. The van der Waals surface area contributed by atoms with E-state index in [1.807, 2.05) is 13.1 Å². The molecule has 2 unspecified atom stereocenters. The van der Waals surface area contributed by atoms with E-state index in [0.29, 0.717) is 30.9 Å². The minimum atomic E-state index is -0.944. The molecule has 4 amide bonds. The van der Waals surface area contributed by atoms with Gasteiger partial charge in [-0.3, -0.25) is 34.3 Å². The van der Waals surface area contributed by atoms with E-state index < -0.39 is 23.8 Å². The van der Waals surface area contributed by atoms with Gasteiger partial charge in [0.25, 0.3) is 11.8 Å². The molecule has 154 valence electrons. The summed E-state index contributed by atoms with van der Waals surface area (Å²) in [6, 6.07) is 4.47. The Hall–Kier alpha value is -2.62. The fourth-order valence-corrected chi connectivity index (χ4v) is 4.01. The molecular weight excluding hydrogens is 376 g/mol. The quantitative estimate of drug-likeness (QED) is 0.657. The highest BCUT2D eigenvalue weighted by Gasteiger charge is 2.44. The highest BCUT2D eigenvalue weighted by atomic mass is 16.5. The Kier molecular flexibility index (Phi) is 5.44. The number of amides is 4. The lowest BCUT2D eigenvalue weighted by atomic mass is 10.0. The number of hydrogen-bond acceptors (Lipinski definition) is 7. The third-order valence-electron chi connectivity index (χ3n) is 5.67. The maximum Gasteiger partial charge on any atom is 0.262 e. The van der Waals surface area contributed by atoms with Crippen LogP contribution >= 0.6 is 0 Å². The van der Waals surface area contributed by atoms with Crippen molar-refractivity contribution in [1.82, 2.24) is 20.4 Å². The van der Waals surface area contributed by atoms with Crippen LogP contribution in [0.15, 0.2) is 18.2 Å². The van der Waals surface area contributed by atoms with E-state index in [1.54, 1.807) is 12.1 Å². The van der Waals surface area contributed by atoms with Gasteiger partial charge in [0.2, 0.25) is 11.8 Å². The van der Waals surface area contributed by atoms with Gasteiger partial charge in [0.05, 0.1) is 24.3 Å². The molecule has 0 radical (unpaired) electrons. The van der Waals surface area contributed by atoms with Crippen LogP contribution in [0.4, 0.5) is 0 Å². The molecule has 1 aromatic carbocycles. The average molecular weight is 400 g/mol. The molecule has 1 aromatic rings. The predicted octanol–water partition coefficient (Wildman–Crippen LogP) is -0.492. The first-order chi connectivity index (χ1) is 14.0. The molecule has 0 aliphatic carbocycles. The van der Waals surface area contributed by atoms with Gasteiger partial charge in [0.15, 0.2) is 0 Å². The minimum Gasteiger partial charge on any atom is -0.378 e. The Balaban J connectivity index is 1.51. The fourth-order valence-electron chi connectivity index (χ4n) is 4.01. The topological polar surface area (TPSA) is 108 Å². The molecule has 2 atom stereocenters. The van der Waals surface area contributed by atoms with Gasteiger partial charge in [-0.05, 0) is 31.2 Å². The Bertz CT molecular complexity index is 862. The van der Waals surface area contributed by atoms with Crippen molar-refractivity contribution in [1.29, 1.82) is 0 Å². The summed E-state index contributed by atoms with van der Waals surface area (Å²) in [5.74, 6) is -1.95. The van der Waals surface area contributed by atoms with Crippen LogP contribution in [0.2, 0.25) is 0 Å². The maximum absolute atomic E-state index is 12.9. The number of hydrogen-bond donors (Lipinski definition) is 2. The van der Waals surface area contributed by atoms with E-state index >= 15 is 0 Å². The van der Waals surface area contributed by atoms with Crippen molar-refractivity contribution in [2.75, 3.05) is 33.4 Å². The first-order valence-corrected chi connectivity index (χ1v) is 9.79. The van der Waals surface area contributed by atoms with Crippen LogP contribution in [-0.2, 0) is 20.9 Å². The van der Waals surface area contributed by atoms with Crippen LogP contribution in [0.5, 0.6) is 0 Å². The van der Waals surface area contributed by atoms with Crippen molar-refractivity contribution in [3.05, 3.63) is 34.9 Å². The molecular formula is C20H24N4O5. The Morgan fingerprint density at radius 3 is 2.76 bits per heavy atom. The van der Waals surface area contributed by atoms with Crippen LogP contribution in [0.1, 0.15) is 39.1 Å². The number of nitrogens with one attached hydrogen (secondary N) is 2. The van der Waals surface area contributed by atoms with Crippen LogP contribution in [0.3, 0.4) is 0 Å². The molecule has 0 saturated carbocycles. The monoisotopic (exact) mass is 400 g/mol. The Labute approximate surface area is 168 Å². The molecule has 9 heteroatoms. The number of imide groups is 2. The summed E-state index contributed by atoms with van der Waals surface area (Å²) >= 11 is 0. The number of likely N-dealkylation sites (N-methyl/N-ethyl adjacent to an activating group) is 1. The number of carbonyl (C=O) groups is 4. The van der Waals surface area contributed by atoms with E-state index in [1.165, 1.54) is 0 Å². The van der Waals surface area contributed by atoms with Gasteiger partial charge in [0.1, 0.15) is 6.04 Å². The van der Waals surface area contributed by atoms with Crippen molar-refractivity contribution >= 4 is 23.6 Å². The minimum absolute atomic E-state index is 0.108. The molecule has 0 aromatic heterocycles. The van der Waals surface area contributed by atoms with E-state index in [9.17, 15) is 19.2 Å². The van der Waals surface area contributed by atoms with Gasteiger partial charge < -0.3 is 10.1 Å². The van der Waals surface area contributed by atoms with Crippen LogP contribution < -0.4 is 10.6 Å². The molecule has 0 spiro atoms. The van der Waals surface area contributed by atoms with Crippen LogP contribution in [0.25, 0.3) is 0 Å². The lowest BCUT2D eigenvalue weighted by Crippen LogP contribution is -2.54. The van der Waals surface area contributed by atoms with Crippen molar-refractivity contribution in [2.45, 2.75) is 31.5 Å². The van der Waals surface area contributed by atoms with Crippen LogP contribution in [0, 0.1) is 0 Å². The fraction of sp³-hybridized carbons (Fsp3) is 0.500. The molecule has 2 N–H and O–H groups in total. The van der Waals surface area contributed by atoms with Crippen molar-refractivity contribution in [3.8, 4) is 0 Å². The highest BCUT2D eigenvalue weighted by Crippen LogP contribution is 2.28. The molecule has 2 saturated heterocycles. The molecule has 3 heterocycles. The van der Waals surface area contributed by atoms with Gasteiger partial charge in [0, 0.05) is 32.1 Å². The second-order valence-electron chi connectivity index (χ2n) is 7.68. The molecule has 3 aliphatic rings. The summed E-state index contributed by atoms with van der Waals surface area (Å²) in [6.07, 6.45) is 0.262. The second-order valence-corrected chi connectivity index (χ2v) is 7.68. The molecule has 0 bridgehead atoms. The molecule has 2 fully saturated rings. The third kappa shape index (κ3) is 3.81. The zero-order valence-corrected chi connectivity index (χ0v) is 16.3. The first-order valence-electron chi connectivity index (χ1n) is 9.79. The van der Waals surface area contributed by atoms with Gasteiger partial charge in [-0.15, -0.1) is 0 Å². The van der Waals surface area contributed by atoms with Gasteiger partial charge in [-0.1, -0.05) is 6.07 Å². The summed E-state index contributed by atoms with van der Waals surface area (Å²) < 4.78 is 5.60. The summed E-state index contributed by atoms with van der Waals surface area (Å²) in [4.78, 5) is 52.3. The van der Waals surface area contributed by atoms with Gasteiger partial charge in [-0.2, -0.15) is 0 Å². The lowest BCUT2D eigenvalue weighted by molar-refractivity contribution is -0.136. The third-order valence-corrected chi connectivity index (χ3v) is 5.67. The lowest BCUT2D eigenvalue weighted by Gasteiger charge is -2.27. The molecule has 29 heavy (non-hydrogen) atoms. The number of carbonyl (C=O) groups excluding carboxylic acids is 4. The van der Waals surface area contributed by atoms with Crippen molar-refractivity contribution < 1.29 is 23.9 Å². The number of fused-ring (bicyclic) bond motifs is 1. The number of ether oxygens (including phenoxy) is 1.